The number of ketones is 1. The smallest absolute Gasteiger partial charge is 0.163 e. The van der Waals surface area contributed by atoms with Gasteiger partial charge in [-0.3, -0.25) is 4.79 Å². The molecule has 2 aliphatic rings. The van der Waals surface area contributed by atoms with Gasteiger partial charge in [0.2, 0.25) is 0 Å². The van der Waals surface area contributed by atoms with Crippen LogP contribution in [0.2, 0.25) is 0 Å². The topological polar surface area (TPSA) is 41.8 Å². The first-order valence-electron chi connectivity index (χ1n) is 3.63. The first kappa shape index (κ1) is 6.46. The Bertz CT molecular complexity index is 265. The van der Waals surface area contributed by atoms with Crippen molar-refractivity contribution >= 4 is 5.78 Å². The lowest BCUT2D eigenvalue weighted by atomic mass is 9.98. The molecule has 0 spiro atoms. The van der Waals surface area contributed by atoms with Crippen LogP contribution in [0.1, 0.15) is 0 Å². The van der Waals surface area contributed by atoms with E-state index in [0.29, 0.717) is 6.54 Å². The molecule has 2 rings (SSSR count). The Kier molecular flexibility index (Phi) is 1.42. The number of fused-ring (bicyclic) bond motifs is 1. The number of hydrogen-bond acceptors (Lipinski definition) is 3. The summed E-state index contributed by atoms with van der Waals surface area (Å²) < 4.78 is 0. The quantitative estimate of drug-likeness (QED) is 0.507. The molecule has 2 atom stereocenters. The van der Waals surface area contributed by atoms with Crippen molar-refractivity contribution in [1.29, 1.82) is 0 Å². The zero-order valence-corrected chi connectivity index (χ0v) is 5.97. The van der Waals surface area contributed by atoms with Crippen molar-refractivity contribution in [2.45, 2.75) is 6.04 Å². The van der Waals surface area contributed by atoms with Crippen LogP contribution in [0, 0.1) is 5.92 Å². The van der Waals surface area contributed by atoms with E-state index in [1.165, 1.54) is 0 Å². The SMILES string of the molecule is O=C1C=CC=CC2N=NCC12. The van der Waals surface area contributed by atoms with Crippen molar-refractivity contribution in [3.05, 3.63) is 24.3 Å². The van der Waals surface area contributed by atoms with Crippen LogP contribution in [0.25, 0.3) is 0 Å². The Morgan fingerprint density at radius 2 is 2.36 bits per heavy atom. The molecule has 11 heavy (non-hydrogen) atoms. The van der Waals surface area contributed by atoms with Gasteiger partial charge in [-0.05, 0) is 6.08 Å². The Hall–Kier alpha value is -1.25. The minimum absolute atomic E-state index is 0.00231. The third-order valence-corrected chi connectivity index (χ3v) is 1.95. The second-order valence-electron chi connectivity index (χ2n) is 2.68. The maximum atomic E-state index is 11.2. The molecule has 1 aliphatic carbocycles. The highest BCUT2D eigenvalue weighted by atomic mass is 16.1. The van der Waals surface area contributed by atoms with E-state index in [1.54, 1.807) is 12.2 Å². The van der Waals surface area contributed by atoms with Crippen molar-refractivity contribution in [1.82, 2.24) is 0 Å². The van der Waals surface area contributed by atoms with E-state index < -0.39 is 0 Å². The van der Waals surface area contributed by atoms with Crippen LogP contribution in [-0.2, 0) is 4.79 Å². The van der Waals surface area contributed by atoms with Gasteiger partial charge in [0, 0.05) is 0 Å². The zero-order valence-electron chi connectivity index (χ0n) is 5.97. The maximum Gasteiger partial charge on any atom is 0.163 e. The van der Waals surface area contributed by atoms with Crippen LogP contribution in [0.5, 0.6) is 0 Å². The van der Waals surface area contributed by atoms with E-state index in [0.717, 1.165) is 0 Å². The lowest BCUT2D eigenvalue weighted by Crippen LogP contribution is -2.21. The number of carbonyl (C=O) groups is 1. The molecular weight excluding hydrogens is 140 g/mol. The Balaban J connectivity index is 2.30. The largest absolute Gasteiger partial charge is 0.294 e. The average molecular weight is 148 g/mol. The lowest BCUT2D eigenvalue weighted by Gasteiger charge is -2.06. The van der Waals surface area contributed by atoms with Gasteiger partial charge in [-0.15, -0.1) is 0 Å². The molecule has 1 aliphatic heterocycles. The minimum Gasteiger partial charge on any atom is -0.294 e. The molecular formula is C8H8N2O. The van der Waals surface area contributed by atoms with Gasteiger partial charge >= 0.3 is 0 Å². The molecule has 3 heteroatoms. The Labute approximate surface area is 64.5 Å². The molecule has 0 N–H and O–H groups in total. The number of rotatable bonds is 0. The van der Waals surface area contributed by atoms with Crippen molar-refractivity contribution in [2.24, 2.45) is 16.1 Å². The van der Waals surface area contributed by atoms with E-state index in [4.69, 9.17) is 0 Å². The van der Waals surface area contributed by atoms with Gasteiger partial charge in [0.1, 0.15) is 6.04 Å². The molecule has 56 valence electrons. The van der Waals surface area contributed by atoms with Crippen LogP contribution in [0.4, 0.5) is 0 Å². The summed E-state index contributed by atoms with van der Waals surface area (Å²) in [6.45, 7) is 0.554. The highest BCUT2D eigenvalue weighted by molar-refractivity contribution is 5.93. The highest BCUT2D eigenvalue weighted by Gasteiger charge is 2.29. The molecule has 0 aromatic carbocycles. The van der Waals surface area contributed by atoms with Gasteiger partial charge in [-0.2, -0.15) is 10.2 Å². The summed E-state index contributed by atoms with van der Waals surface area (Å²) in [7, 11) is 0. The molecule has 3 nitrogen and oxygen atoms in total. The molecule has 0 aromatic rings. The van der Waals surface area contributed by atoms with Gasteiger partial charge in [-0.25, -0.2) is 0 Å². The summed E-state index contributed by atoms with van der Waals surface area (Å²) in [6.07, 6.45) is 7.13. The van der Waals surface area contributed by atoms with Crippen LogP contribution >= 0.6 is 0 Å². The summed E-state index contributed by atoms with van der Waals surface area (Å²) in [5, 5.41) is 7.78. The van der Waals surface area contributed by atoms with Gasteiger partial charge < -0.3 is 0 Å². The van der Waals surface area contributed by atoms with E-state index in [9.17, 15) is 4.79 Å². The monoisotopic (exact) mass is 148 g/mol. The first-order chi connectivity index (χ1) is 5.38. The molecule has 0 fully saturated rings. The number of azo groups is 1. The molecule has 0 aromatic heterocycles. The van der Waals surface area contributed by atoms with Gasteiger partial charge in [0.05, 0.1) is 12.5 Å². The minimum atomic E-state index is -0.0231. The maximum absolute atomic E-state index is 11.2. The predicted octanol–water partition coefficient (Wildman–Crippen LogP) is 1.13. The van der Waals surface area contributed by atoms with Crippen molar-refractivity contribution < 1.29 is 4.79 Å². The fourth-order valence-corrected chi connectivity index (χ4v) is 1.30. The summed E-state index contributed by atoms with van der Waals surface area (Å²) >= 11 is 0. The Morgan fingerprint density at radius 3 is 3.27 bits per heavy atom. The van der Waals surface area contributed by atoms with Crippen LogP contribution < -0.4 is 0 Å². The van der Waals surface area contributed by atoms with E-state index >= 15 is 0 Å². The Morgan fingerprint density at radius 1 is 1.45 bits per heavy atom. The van der Waals surface area contributed by atoms with Crippen LogP contribution in [0.3, 0.4) is 0 Å². The second kappa shape index (κ2) is 2.42. The first-order valence-corrected chi connectivity index (χ1v) is 3.63. The molecule has 0 bridgehead atoms. The number of hydrogen-bond donors (Lipinski definition) is 0. The number of carbonyl (C=O) groups excluding carboxylic acids is 1. The lowest BCUT2D eigenvalue weighted by molar-refractivity contribution is -0.117. The van der Waals surface area contributed by atoms with Crippen LogP contribution in [0.15, 0.2) is 34.5 Å². The fourth-order valence-electron chi connectivity index (χ4n) is 1.30. The molecule has 1 heterocycles. The van der Waals surface area contributed by atoms with Crippen molar-refractivity contribution in [3.8, 4) is 0 Å². The molecule has 2 unspecified atom stereocenters. The normalized spacial score (nSPS) is 34.0. The standard InChI is InChI=1S/C8H8N2O/c11-8-4-2-1-3-7-6(8)5-9-10-7/h1-4,6-7H,5H2. The molecule has 0 saturated carbocycles. The van der Waals surface area contributed by atoms with Crippen molar-refractivity contribution in [3.63, 3.8) is 0 Å². The molecule has 0 radical (unpaired) electrons. The average Bonchev–Trinajstić information content (AvgIpc) is 2.40. The van der Waals surface area contributed by atoms with E-state index in [2.05, 4.69) is 10.2 Å². The summed E-state index contributed by atoms with van der Waals surface area (Å²) in [6, 6.07) is -0.00231. The van der Waals surface area contributed by atoms with Gasteiger partial charge in [0.15, 0.2) is 5.78 Å². The third kappa shape index (κ3) is 1.02. The summed E-state index contributed by atoms with van der Waals surface area (Å²) in [5.41, 5.74) is 0. The van der Waals surface area contributed by atoms with E-state index in [1.807, 2.05) is 12.2 Å². The van der Waals surface area contributed by atoms with Crippen molar-refractivity contribution in [2.75, 3.05) is 6.54 Å². The second-order valence-corrected chi connectivity index (χ2v) is 2.68. The van der Waals surface area contributed by atoms with Crippen LogP contribution in [-0.4, -0.2) is 18.4 Å². The molecule has 0 saturated heterocycles. The third-order valence-electron chi connectivity index (χ3n) is 1.95. The van der Waals surface area contributed by atoms with Gasteiger partial charge in [0.25, 0.3) is 0 Å². The van der Waals surface area contributed by atoms with E-state index in [-0.39, 0.29) is 17.7 Å². The summed E-state index contributed by atoms with van der Waals surface area (Å²) in [5.74, 6) is 0.120. The fraction of sp³-hybridized carbons (Fsp3) is 0.375. The van der Waals surface area contributed by atoms with Gasteiger partial charge in [-0.1, -0.05) is 18.2 Å². The highest BCUT2D eigenvalue weighted by Crippen LogP contribution is 2.20. The zero-order chi connectivity index (χ0) is 7.68. The number of nitrogens with zero attached hydrogens (tertiary/aromatic N) is 2. The molecule has 0 amide bonds. The summed E-state index contributed by atoms with van der Waals surface area (Å²) in [4.78, 5) is 11.2. The predicted molar refractivity (Wildman–Crippen MR) is 40.3 cm³/mol. The number of allylic oxidation sites excluding steroid dienone is 3.